The van der Waals surface area contributed by atoms with Crippen molar-refractivity contribution in [3.8, 4) is 0 Å². The summed E-state index contributed by atoms with van der Waals surface area (Å²) in [6.07, 6.45) is 9.97. The summed E-state index contributed by atoms with van der Waals surface area (Å²) in [6, 6.07) is 14.8. The van der Waals surface area contributed by atoms with Crippen LogP contribution in [0.1, 0.15) is 43.5 Å². The van der Waals surface area contributed by atoms with E-state index in [0.717, 1.165) is 32.4 Å². The molecule has 2 aliphatic heterocycles. The second-order valence-corrected chi connectivity index (χ2v) is 8.44. The number of aliphatic hydroxyl groups is 1. The van der Waals surface area contributed by atoms with Gasteiger partial charge in [0.25, 0.3) is 0 Å². The molecule has 2 aromatic heterocycles. The average Bonchev–Trinajstić information content (AvgIpc) is 3.38. The molecular formula is C25H28N4O. The standard InChI is InChI=1S/C25H28N4O/c1-18-23-16-27-17-29(23)22(25(18)20-5-3-2-4-6-20)15-24(30)19-9-13-28(14-10-19)21-7-11-26-12-8-21/h2-8,11-12,16-17,19,22,24,30H,9-10,13-15H2,1H3. The monoisotopic (exact) mass is 400 g/mol. The second kappa shape index (κ2) is 8.07. The first kappa shape index (κ1) is 19.1. The summed E-state index contributed by atoms with van der Waals surface area (Å²) < 4.78 is 2.24. The minimum absolute atomic E-state index is 0.137. The zero-order valence-electron chi connectivity index (χ0n) is 17.4. The van der Waals surface area contributed by atoms with Crippen LogP contribution in [0.2, 0.25) is 0 Å². The average molecular weight is 401 g/mol. The van der Waals surface area contributed by atoms with Crippen molar-refractivity contribution in [3.63, 3.8) is 0 Å². The number of hydrogen-bond donors (Lipinski definition) is 1. The number of aromatic nitrogens is 3. The molecule has 0 amide bonds. The Morgan fingerprint density at radius 3 is 2.50 bits per heavy atom. The van der Waals surface area contributed by atoms with Crippen LogP contribution in [0.4, 0.5) is 5.69 Å². The largest absolute Gasteiger partial charge is 0.393 e. The van der Waals surface area contributed by atoms with Crippen molar-refractivity contribution in [2.24, 2.45) is 5.92 Å². The molecule has 3 aromatic rings. The fraction of sp³-hybridized carbons (Fsp3) is 0.360. The lowest BCUT2D eigenvalue weighted by molar-refractivity contribution is 0.0770. The molecule has 1 aromatic carbocycles. The molecule has 0 saturated carbocycles. The first-order valence-electron chi connectivity index (χ1n) is 10.8. The predicted molar refractivity (Wildman–Crippen MR) is 120 cm³/mol. The first-order valence-corrected chi connectivity index (χ1v) is 10.8. The summed E-state index contributed by atoms with van der Waals surface area (Å²) in [5, 5.41) is 11.2. The molecule has 30 heavy (non-hydrogen) atoms. The molecule has 0 spiro atoms. The molecule has 0 aliphatic carbocycles. The van der Waals surface area contributed by atoms with Crippen LogP contribution in [0.3, 0.4) is 0 Å². The lowest BCUT2D eigenvalue weighted by Crippen LogP contribution is -2.38. The van der Waals surface area contributed by atoms with E-state index in [0.29, 0.717) is 5.92 Å². The molecule has 2 aliphatic rings. The molecule has 1 N–H and O–H groups in total. The third-order valence-corrected chi connectivity index (χ3v) is 6.78. The Morgan fingerprint density at radius 1 is 1.03 bits per heavy atom. The third-order valence-electron chi connectivity index (χ3n) is 6.78. The number of aliphatic hydroxyl groups excluding tert-OH is 1. The van der Waals surface area contributed by atoms with Crippen molar-refractivity contribution in [2.45, 2.75) is 38.3 Å². The molecule has 4 heterocycles. The summed E-state index contributed by atoms with van der Waals surface area (Å²) in [5.74, 6) is 0.327. The molecule has 0 bridgehead atoms. The van der Waals surface area contributed by atoms with E-state index in [9.17, 15) is 5.11 Å². The zero-order valence-corrected chi connectivity index (χ0v) is 17.4. The van der Waals surface area contributed by atoms with E-state index in [-0.39, 0.29) is 12.1 Å². The van der Waals surface area contributed by atoms with E-state index < -0.39 is 0 Å². The third kappa shape index (κ3) is 3.43. The van der Waals surface area contributed by atoms with E-state index in [2.05, 4.69) is 68.8 Å². The lowest BCUT2D eigenvalue weighted by atomic mass is 9.85. The van der Waals surface area contributed by atoms with E-state index in [4.69, 9.17) is 0 Å². The van der Waals surface area contributed by atoms with Crippen LogP contribution in [-0.2, 0) is 0 Å². The Kier molecular flexibility index (Phi) is 5.13. The minimum atomic E-state index is -0.325. The number of pyridine rings is 1. The Balaban J connectivity index is 1.31. The smallest absolute Gasteiger partial charge is 0.0956 e. The SMILES string of the molecule is CC1=C(c2ccccc2)C(CC(O)C2CCN(c3ccncc3)CC2)n2cncc21. The van der Waals surface area contributed by atoms with Crippen LogP contribution in [-0.4, -0.2) is 38.8 Å². The van der Waals surface area contributed by atoms with Crippen molar-refractivity contribution in [2.75, 3.05) is 18.0 Å². The highest BCUT2D eigenvalue weighted by atomic mass is 16.3. The summed E-state index contributed by atoms with van der Waals surface area (Å²) >= 11 is 0. The molecule has 5 heteroatoms. The quantitative estimate of drug-likeness (QED) is 0.688. The number of nitrogens with zero attached hydrogens (tertiary/aromatic N) is 4. The number of hydrogen-bond acceptors (Lipinski definition) is 4. The molecule has 5 rings (SSSR count). The molecular weight excluding hydrogens is 372 g/mol. The fourth-order valence-electron chi connectivity index (χ4n) is 5.15. The van der Waals surface area contributed by atoms with Crippen molar-refractivity contribution >= 4 is 16.8 Å². The minimum Gasteiger partial charge on any atom is -0.393 e. The number of piperidine rings is 1. The van der Waals surface area contributed by atoms with Gasteiger partial charge in [-0.1, -0.05) is 30.3 Å². The van der Waals surface area contributed by atoms with Gasteiger partial charge in [0.05, 0.1) is 30.4 Å². The van der Waals surface area contributed by atoms with Gasteiger partial charge in [-0.05, 0) is 60.9 Å². The molecule has 154 valence electrons. The van der Waals surface area contributed by atoms with Gasteiger partial charge in [0.2, 0.25) is 0 Å². The number of benzene rings is 1. The molecule has 2 atom stereocenters. The maximum absolute atomic E-state index is 11.2. The highest BCUT2D eigenvalue weighted by Crippen LogP contribution is 2.45. The van der Waals surface area contributed by atoms with Crippen molar-refractivity contribution < 1.29 is 5.11 Å². The van der Waals surface area contributed by atoms with Gasteiger partial charge < -0.3 is 14.6 Å². The maximum Gasteiger partial charge on any atom is 0.0956 e. The first-order chi connectivity index (χ1) is 14.7. The lowest BCUT2D eigenvalue weighted by Gasteiger charge is -2.36. The number of imidazole rings is 1. The van der Waals surface area contributed by atoms with Crippen LogP contribution in [0, 0.1) is 5.92 Å². The zero-order chi connectivity index (χ0) is 20.5. The van der Waals surface area contributed by atoms with Gasteiger partial charge in [-0.3, -0.25) is 4.98 Å². The van der Waals surface area contributed by atoms with E-state index in [1.54, 1.807) is 0 Å². The number of rotatable bonds is 5. The molecule has 0 radical (unpaired) electrons. The molecule has 1 fully saturated rings. The van der Waals surface area contributed by atoms with Crippen LogP contribution < -0.4 is 4.90 Å². The Labute approximate surface area is 177 Å². The number of anilines is 1. The van der Waals surface area contributed by atoms with Gasteiger partial charge in [0.1, 0.15) is 0 Å². The Morgan fingerprint density at radius 2 is 1.77 bits per heavy atom. The number of allylic oxidation sites excluding steroid dienone is 2. The van der Waals surface area contributed by atoms with E-state index in [1.807, 2.05) is 24.9 Å². The summed E-state index contributed by atoms with van der Waals surface area (Å²) in [6.45, 7) is 4.13. The van der Waals surface area contributed by atoms with Crippen LogP contribution in [0.25, 0.3) is 11.1 Å². The number of fused-ring (bicyclic) bond motifs is 1. The van der Waals surface area contributed by atoms with Crippen LogP contribution in [0.5, 0.6) is 0 Å². The topological polar surface area (TPSA) is 54.2 Å². The van der Waals surface area contributed by atoms with Gasteiger partial charge in [-0.15, -0.1) is 0 Å². The van der Waals surface area contributed by atoms with Crippen LogP contribution in [0.15, 0.2) is 67.4 Å². The summed E-state index contributed by atoms with van der Waals surface area (Å²) in [7, 11) is 0. The summed E-state index contributed by atoms with van der Waals surface area (Å²) in [4.78, 5) is 10.9. The van der Waals surface area contributed by atoms with Gasteiger partial charge >= 0.3 is 0 Å². The molecule has 1 saturated heterocycles. The Hall–Kier alpha value is -2.92. The normalized spacial score (nSPS) is 20.5. The van der Waals surface area contributed by atoms with E-state index >= 15 is 0 Å². The van der Waals surface area contributed by atoms with Gasteiger partial charge in [0, 0.05) is 31.2 Å². The van der Waals surface area contributed by atoms with Gasteiger partial charge in [-0.25, -0.2) is 4.98 Å². The van der Waals surface area contributed by atoms with E-state index in [1.165, 1.54) is 28.1 Å². The van der Waals surface area contributed by atoms with Crippen LogP contribution >= 0.6 is 0 Å². The van der Waals surface area contributed by atoms with Gasteiger partial charge in [0.15, 0.2) is 0 Å². The fourth-order valence-corrected chi connectivity index (χ4v) is 5.15. The predicted octanol–water partition coefficient (Wildman–Crippen LogP) is 4.43. The highest BCUT2D eigenvalue weighted by molar-refractivity contribution is 5.93. The Bertz CT molecular complexity index is 1020. The van der Waals surface area contributed by atoms with Crippen molar-refractivity contribution in [1.82, 2.24) is 14.5 Å². The van der Waals surface area contributed by atoms with Gasteiger partial charge in [-0.2, -0.15) is 0 Å². The summed E-state index contributed by atoms with van der Waals surface area (Å²) in [5.41, 5.74) is 6.22. The molecule has 2 unspecified atom stereocenters. The molecule has 5 nitrogen and oxygen atoms in total. The van der Waals surface area contributed by atoms with Crippen molar-refractivity contribution in [3.05, 3.63) is 78.6 Å². The second-order valence-electron chi connectivity index (χ2n) is 8.44. The maximum atomic E-state index is 11.2. The van der Waals surface area contributed by atoms with Crippen molar-refractivity contribution in [1.29, 1.82) is 0 Å². The highest BCUT2D eigenvalue weighted by Gasteiger charge is 2.34.